The van der Waals surface area contributed by atoms with Crippen molar-refractivity contribution in [2.24, 2.45) is 0 Å². The van der Waals surface area contributed by atoms with Gasteiger partial charge in [-0.25, -0.2) is 0 Å². The summed E-state index contributed by atoms with van der Waals surface area (Å²) in [5, 5.41) is 5.90. The Morgan fingerprint density at radius 3 is 2.06 bits per heavy atom. The highest BCUT2D eigenvalue weighted by Crippen LogP contribution is 2.30. The number of halogens is 1. The molecule has 3 rings (SSSR count). The van der Waals surface area contributed by atoms with Crippen LogP contribution in [0.3, 0.4) is 0 Å². The topological polar surface area (TPSA) is 85.9 Å². The molecule has 0 fully saturated rings. The highest BCUT2D eigenvalue weighted by molar-refractivity contribution is 6.34. The van der Waals surface area contributed by atoms with Crippen LogP contribution < -0.4 is 24.8 Å². The van der Waals surface area contributed by atoms with Gasteiger partial charge < -0.3 is 24.8 Å². The van der Waals surface area contributed by atoms with Gasteiger partial charge >= 0.3 is 0 Å². The van der Waals surface area contributed by atoms with Gasteiger partial charge in [-0.1, -0.05) is 23.7 Å². The van der Waals surface area contributed by atoms with Crippen molar-refractivity contribution < 1.29 is 23.8 Å². The average molecular weight is 441 g/mol. The minimum atomic E-state index is -0.371. The van der Waals surface area contributed by atoms with E-state index < -0.39 is 0 Å². The molecule has 0 aliphatic rings. The number of ether oxygens (including phenoxy) is 3. The van der Waals surface area contributed by atoms with Crippen molar-refractivity contribution >= 4 is 34.8 Å². The van der Waals surface area contributed by atoms with E-state index in [1.165, 1.54) is 21.3 Å². The summed E-state index contributed by atoms with van der Waals surface area (Å²) in [5.41, 5.74) is 1.63. The van der Waals surface area contributed by atoms with Crippen LogP contribution in [0.2, 0.25) is 5.02 Å². The van der Waals surface area contributed by atoms with Crippen molar-refractivity contribution in [2.45, 2.75) is 0 Å². The summed E-state index contributed by atoms with van der Waals surface area (Å²) in [4.78, 5) is 25.2. The van der Waals surface area contributed by atoms with Crippen LogP contribution in [0.4, 0.5) is 11.4 Å². The lowest BCUT2D eigenvalue weighted by atomic mass is 10.1. The summed E-state index contributed by atoms with van der Waals surface area (Å²) in [7, 11) is 4.49. The first kappa shape index (κ1) is 22.0. The van der Waals surface area contributed by atoms with Crippen LogP contribution >= 0.6 is 11.6 Å². The van der Waals surface area contributed by atoms with Gasteiger partial charge in [0.05, 0.1) is 37.6 Å². The number of carbonyl (C=O) groups excluding carboxylic acids is 2. The number of hydrogen-bond acceptors (Lipinski definition) is 5. The molecule has 7 nitrogen and oxygen atoms in total. The minimum absolute atomic E-state index is 0.343. The van der Waals surface area contributed by atoms with Crippen LogP contribution in [0.1, 0.15) is 20.7 Å². The van der Waals surface area contributed by atoms with Gasteiger partial charge in [0.15, 0.2) is 0 Å². The molecule has 0 saturated heterocycles. The highest BCUT2D eigenvalue weighted by atomic mass is 35.5. The van der Waals surface area contributed by atoms with E-state index in [-0.39, 0.29) is 11.8 Å². The van der Waals surface area contributed by atoms with Gasteiger partial charge in [-0.05, 0) is 36.4 Å². The quantitative estimate of drug-likeness (QED) is 0.547. The molecule has 0 saturated carbocycles. The van der Waals surface area contributed by atoms with E-state index in [2.05, 4.69) is 10.6 Å². The fourth-order valence-electron chi connectivity index (χ4n) is 2.85. The Hall–Kier alpha value is -3.71. The second-order valence-corrected chi connectivity index (χ2v) is 6.81. The van der Waals surface area contributed by atoms with Crippen molar-refractivity contribution in [3.8, 4) is 17.2 Å². The second kappa shape index (κ2) is 9.86. The fourth-order valence-corrected chi connectivity index (χ4v) is 3.07. The number of carbonyl (C=O) groups is 2. The summed E-state index contributed by atoms with van der Waals surface area (Å²) in [5.74, 6) is 0.650. The van der Waals surface area contributed by atoms with Gasteiger partial charge in [0.25, 0.3) is 11.8 Å². The Morgan fingerprint density at radius 1 is 0.774 bits per heavy atom. The first-order valence-corrected chi connectivity index (χ1v) is 9.61. The molecule has 0 aliphatic carbocycles. The molecule has 31 heavy (non-hydrogen) atoms. The van der Waals surface area contributed by atoms with Crippen molar-refractivity contribution in [3.05, 3.63) is 76.8 Å². The van der Waals surface area contributed by atoms with Crippen LogP contribution in [0.25, 0.3) is 0 Å². The Balaban J connectivity index is 1.79. The molecular weight excluding hydrogens is 420 g/mol. The van der Waals surface area contributed by atoms with Crippen molar-refractivity contribution in [1.82, 2.24) is 0 Å². The number of nitrogens with one attached hydrogen (secondary N) is 2. The normalized spacial score (nSPS) is 10.2. The van der Waals surface area contributed by atoms with Crippen molar-refractivity contribution in [3.63, 3.8) is 0 Å². The van der Waals surface area contributed by atoms with Crippen LogP contribution in [-0.2, 0) is 0 Å². The van der Waals surface area contributed by atoms with E-state index in [0.717, 1.165) is 0 Å². The van der Waals surface area contributed by atoms with E-state index in [1.54, 1.807) is 60.7 Å². The molecule has 0 aromatic heterocycles. The molecule has 3 aromatic rings. The molecule has 0 atom stereocenters. The molecular formula is C23H21ClN2O5. The summed E-state index contributed by atoms with van der Waals surface area (Å²) in [6.07, 6.45) is 0. The molecule has 0 bridgehead atoms. The zero-order chi connectivity index (χ0) is 22.4. The van der Waals surface area contributed by atoms with Gasteiger partial charge in [0, 0.05) is 23.4 Å². The monoisotopic (exact) mass is 440 g/mol. The van der Waals surface area contributed by atoms with Crippen LogP contribution in [0.5, 0.6) is 17.2 Å². The Kier molecular flexibility index (Phi) is 6.99. The zero-order valence-corrected chi connectivity index (χ0v) is 17.9. The summed E-state index contributed by atoms with van der Waals surface area (Å²) in [6.45, 7) is 0. The fraction of sp³-hybridized carbons (Fsp3) is 0.130. The second-order valence-electron chi connectivity index (χ2n) is 6.40. The number of methoxy groups -OCH3 is 3. The Bertz CT molecular complexity index is 1090. The molecule has 160 valence electrons. The van der Waals surface area contributed by atoms with Gasteiger partial charge in [0.1, 0.15) is 17.2 Å². The molecule has 8 heteroatoms. The smallest absolute Gasteiger partial charge is 0.257 e. The molecule has 2 N–H and O–H groups in total. The number of benzene rings is 3. The van der Waals surface area contributed by atoms with Crippen molar-refractivity contribution in [1.29, 1.82) is 0 Å². The zero-order valence-electron chi connectivity index (χ0n) is 17.2. The molecule has 2 amide bonds. The van der Waals surface area contributed by atoms with Gasteiger partial charge in [-0.15, -0.1) is 0 Å². The van der Waals surface area contributed by atoms with E-state index in [1.807, 2.05) is 0 Å². The van der Waals surface area contributed by atoms with Gasteiger partial charge in [-0.3, -0.25) is 9.59 Å². The standard InChI is InChI=1S/C23H21ClN2O5/c1-29-16-10-14(11-17(13-16)30-2)22(27)25-15-8-9-20(21(12-15)31-3)26-23(28)18-6-4-5-7-19(18)24/h4-13H,1-3H3,(H,25,27)(H,26,28). The van der Waals surface area contributed by atoms with Crippen LogP contribution in [0, 0.1) is 0 Å². The number of amides is 2. The summed E-state index contributed by atoms with van der Waals surface area (Å²) >= 11 is 6.09. The number of hydrogen-bond donors (Lipinski definition) is 2. The first-order chi connectivity index (χ1) is 14.9. The van der Waals surface area contributed by atoms with Crippen LogP contribution in [0.15, 0.2) is 60.7 Å². The maximum Gasteiger partial charge on any atom is 0.257 e. The Labute approximate surface area is 184 Å². The SMILES string of the molecule is COc1cc(OC)cc(C(=O)Nc2ccc(NC(=O)c3ccccc3Cl)c(OC)c2)c1. The van der Waals surface area contributed by atoms with E-state index in [4.69, 9.17) is 25.8 Å². The number of anilines is 2. The molecule has 0 unspecified atom stereocenters. The molecule has 0 heterocycles. The first-order valence-electron chi connectivity index (χ1n) is 9.23. The lowest BCUT2D eigenvalue weighted by Crippen LogP contribution is -2.14. The third-order valence-corrected chi connectivity index (χ3v) is 4.77. The molecule has 0 aliphatic heterocycles. The van der Waals surface area contributed by atoms with Crippen LogP contribution in [-0.4, -0.2) is 33.1 Å². The van der Waals surface area contributed by atoms with Gasteiger partial charge in [0.2, 0.25) is 0 Å². The van der Waals surface area contributed by atoms with E-state index in [9.17, 15) is 9.59 Å². The maximum atomic E-state index is 12.7. The number of rotatable bonds is 7. The highest BCUT2D eigenvalue weighted by Gasteiger charge is 2.15. The van der Waals surface area contributed by atoms with E-state index in [0.29, 0.717) is 44.8 Å². The summed E-state index contributed by atoms with van der Waals surface area (Å²) < 4.78 is 15.8. The van der Waals surface area contributed by atoms with E-state index >= 15 is 0 Å². The molecule has 0 radical (unpaired) electrons. The Morgan fingerprint density at radius 2 is 1.45 bits per heavy atom. The minimum Gasteiger partial charge on any atom is -0.497 e. The third kappa shape index (κ3) is 5.26. The largest absolute Gasteiger partial charge is 0.497 e. The predicted octanol–water partition coefficient (Wildman–Crippen LogP) is 4.87. The lowest BCUT2D eigenvalue weighted by Gasteiger charge is -2.14. The summed E-state index contributed by atoms with van der Waals surface area (Å²) in [6, 6.07) is 16.5. The van der Waals surface area contributed by atoms with Crippen molar-refractivity contribution in [2.75, 3.05) is 32.0 Å². The lowest BCUT2D eigenvalue weighted by molar-refractivity contribution is 0.101. The predicted molar refractivity (Wildman–Crippen MR) is 120 cm³/mol. The average Bonchev–Trinajstić information content (AvgIpc) is 2.79. The molecule has 0 spiro atoms. The van der Waals surface area contributed by atoms with Gasteiger partial charge in [-0.2, -0.15) is 0 Å². The maximum absolute atomic E-state index is 12.7. The molecule has 3 aromatic carbocycles. The third-order valence-electron chi connectivity index (χ3n) is 4.44.